The van der Waals surface area contributed by atoms with Gasteiger partial charge in [0.15, 0.2) is 0 Å². The third-order valence-corrected chi connectivity index (χ3v) is 5.22. The normalized spacial score (nSPS) is 11.4. The monoisotopic (exact) mass is 396 g/mol. The van der Waals surface area contributed by atoms with E-state index in [1.807, 2.05) is 24.3 Å². The van der Waals surface area contributed by atoms with E-state index in [-0.39, 0.29) is 10.6 Å². The molecule has 0 aliphatic rings. The Hall–Kier alpha value is -3.25. The lowest BCUT2D eigenvalue weighted by atomic mass is 10.1. The van der Waals surface area contributed by atoms with E-state index in [1.165, 1.54) is 12.1 Å². The predicted octanol–water partition coefficient (Wildman–Crippen LogP) is 4.64. The fourth-order valence-corrected chi connectivity index (χ4v) is 3.47. The van der Waals surface area contributed by atoms with Crippen molar-refractivity contribution in [3.05, 3.63) is 83.9 Å². The van der Waals surface area contributed by atoms with E-state index in [4.69, 9.17) is 13.7 Å². The van der Waals surface area contributed by atoms with E-state index < -0.39 is 10.1 Å². The topological polar surface area (TPSA) is 61.8 Å². The van der Waals surface area contributed by atoms with E-state index in [1.54, 1.807) is 62.8 Å². The van der Waals surface area contributed by atoms with Gasteiger partial charge < -0.3 is 13.7 Å². The van der Waals surface area contributed by atoms with Crippen LogP contribution in [0.3, 0.4) is 0 Å². The van der Waals surface area contributed by atoms with E-state index >= 15 is 0 Å². The molecule has 0 fully saturated rings. The van der Waals surface area contributed by atoms with E-state index in [9.17, 15) is 8.42 Å². The van der Waals surface area contributed by atoms with Crippen LogP contribution in [0.4, 0.5) is 0 Å². The first kappa shape index (κ1) is 19.5. The highest BCUT2D eigenvalue weighted by atomic mass is 32.2. The fourth-order valence-electron chi connectivity index (χ4n) is 2.51. The van der Waals surface area contributed by atoms with Crippen molar-refractivity contribution in [1.82, 2.24) is 0 Å². The Morgan fingerprint density at radius 3 is 1.82 bits per heavy atom. The molecule has 3 aromatic rings. The van der Waals surface area contributed by atoms with Crippen molar-refractivity contribution in [2.24, 2.45) is 0 Å². The summed E-state index contributed by atoms with van der Waals surface area (Å²) in [4.78, 5) is 0.117. The van der Waals surface area contributed by atoms with E-state index in [0.29, 0.717) is 11.5 Å². The fraction of sp³-hybridized carbons (Fsp3) is 0.0909. The van der Waals surface area contributed by atoms with Crippen LogP contribution in [0.5, 0.6) is 17.2 Å². The molecule has 0 aromatic heterocycles. The lowest BCUT2D eigenvalue weighted by Gasteiger charge is -2.07. The molecule has 0 saturated carbocycles. The zero-order valence-corrected chi connectivity index (χ0v) is 16.3. The molecule has 0 amide bonds. The van der Waals surface area contributed by atoms with Crippen LogP contribution in [0.2, 0.25) is 0 Å². The van der Waals surface area contributed by atoms with Crippen molar-refractivity contribution in [3.8, 4) is 17.2 Å². The summed E-state index contributed by atoms with van der Waals surface area (Å²) < 4.78 is 40.2. The molecule has 0 heterocycles. The van der Waals surface area contributed by atoms with Gasteiger partial charge in [0.2, 0.25) is 0 Å². The van der Waals surface area contributed by atoms with Gasteiger partial charge in [0, 0.05) is 6.07 Å². The Balaban J connectivity index is 1.74. The summed E-state index contributed by atoms with van der Waals surface area (Å²) in [5.41, 5.74) is 1.81. The first-order valence-corrected chi connectivity index (χ1v) is 9.92. The van der Waals surface area contributed by atoms with Gasteiger partial charge >= 0.3 is 10.1 Å². The Morgan fingerprint density at radius 2 is 1.25 bits per heavy atom. The van der Waals surface area contributed by atoms with Crippen molar-refractivity contribution in [2.75, 3.05) is 14.2 Å². The summed E-state index contributed by atoms with van der Waals surface area (Å²) in [6, 6.07) is 20.4. The van der Waals surface area contributed by atoms with Gasteiger partial charge in [-0.2, -0.15) is 8.42 Å². The Bertz CT molecular complexity index is 1030. The van der Waals surface area contributed by atoms with Crippen LogP contribution < -0.4 is 13.7 Å². The maximum atomic E-state index is 12.3. The van der Waals surface area contributed by atoms with Crippen LogP contribution >= 0.6 is 0 Å². The van der Waals surface area contributed by atoms with Crippen molar-refractivity contribution < 1.29 is 22.1 Å². The Labute approximate surface area is 164 Å². The second-order valence-corrected chi connectivity index (χ2v) is 7.45. The van der Waals surface area contributed by atoms with Crippen molar-refractivity contribution in [1.29, 1.82) is 0 Å². The number of ether oxygens (including phenoxy) is 2. The molecule has 6 heteroatoms. The van der Waals surface area contributed by atoms with E-state index in [0.717, 1.165) is 11.1 Å². The largest absolute Gasteiger partial charge is 0.497 e. The minimum atomic E-state index is -3.84. The maximum Gasteiger partial charge on any atom is 0.339 e. The third-order valence-electron chi connectivity index (χ3n) is 3.96. The lowest BCUT2D eigenvalue weighted by molar-refractivity contribution is 0.394. The first-order valence-electron chi connectivity index (χ1n) is 8.51. The number of benzene rings is 3. The van der Waals surface area contributed by atoms with Gasteiger partial charge in [0.05, 0.1) is 14.2 Å². The van der Waals surface area contributed by atoms with Crippen LogP contribution in [0.25, 0.3) is 12.2 Å². The van der Waals surface area contributed by atoms with Gasteiger partial charge in [-0.3, -0.25) is 0 Å². The molecule has 0 atom stereocenters. The Kier molecular flexibility index (Phi) is 6.01. The van der Waals surface area contributed by atoms with Gasteiger partial charge in [-0.25, -0.2) is 0 Å². The summed E-state index contributed by atoms with van der Waals surface area (Å²) in [5.74, 6) is 1.66. The van der Waals surface area contributed by atoms with Gasteiger partial charge in [0.1, 0.15) is 22.1 Å². The summed E-state index contributed by atoms with van der Waals surface area (Å²) in [7, 11) is -0.639. The van der Waals surface area contributed by atoms with Crippen LogP contribution in [-0.4, -0.2) is 22.6 Å². The number of rotatable bonds is 7. The molecule has 0 spiro atoms. The number of methoxy groups -OCH3 is 2. The summed E-state index contributed by atoms with van der Waals surface area (Å²) in [6.07, 6.45) is 3.82. The highest BCUT2D eigenvalue weighted by Crippen LogP contribution is 2.24. The summed E-state index contributed by atoms with van der Waals surface area (Å²) in [5, 5.41) is 0. The second-order valence-electron chi connectivity index (χ2n) is 5.90. The molecule has 3 rings (SSSR count). The molecule has 5 nitrogen and oxygen atoms in total. The highest BCUT2D eigenvalue weighted by molar-refractivity contribution is 7.87. The van der Waals surface area contributed by atoms with Gasteiger partial charge in [-0.05, 0) is 47.5 Å². The van der Waals surface area contributed by atoms with Gasteiger partial charge in [-0.15, -0.1) is 0 Å². The van der Waals surface area contributed by atoms with Crippen molar-refractivity contribution in [3.63, 3.8) is 0 Å². The predicted molar refractivity (Wildman–Crippen MR) is 109 cm³/mol. The zero-order valence-electron chi connectivity index (χ0n) is 15.5. The zero-order chi connectivity index (χ0) is 20.0. The molecular weight excluding hydrogens is 376 g/mol. The van der Waals surface area contributed by atoms with Crippen LogP contribution in [0.15, 0.2) is 77.7 Å². The molecule has 28 heavy (non-hydrogen) atoms. The average molecular weight is 396 g/mol. The lowest BCUT2D eigenvalue weighted by Crippen LogP contribution is -2.09. The molecule has 3 aromatic carbocycles. The minimum Gasteiger partial charge on any atom is -0.497 e. The molecule has 0 bridgehead atoms. The molecule has 0 aliphatic carbocycles. The molecular formula is C22H20O5S. The van der Waals surface area contributed by atoms with Crippen LogP contribution in [-0.2, 0) is 10.1 Å². The average Bonchev–Trinajstić information content (AvgIpc) is 2.73. The molecule has 144 valence electrons. The van der Waals surface area contributed by atoms with Crippen molar-refractivity contribution >= 4 is 22.3 Å². The van der Waals surface area contributed by atoms with Gasteiger partial charge in [-0.1, -0.05) is 42.5 Å². The second kappa shape index (κ2) is 8.63. The minimum absolute atomic E-state index is 0.117. The Morgan fingerprint density at radius 1 is 0.679 bits per heavy atom. The molecule has 0 radical (unpaired) electrons. The molecule has 0 saturated heterocycles. The molecule has 0 N–H and O–H groups in total. The third kappa shape index (κ3) is 4.92. The smallest absolute Gasteiger partial charge is 0.339 e. The number of hydrogen-bond donors (Lipinski definition) is 0. The van der Waals surface area contributed by atoms with Crippen LogP contribution in [0, 0.1) is 0 Å². The molecule has 0 unspecified atom stereocenters. The quantitative estimate of drug-likeness (QED) is 0.430. The van der Waals surface area contributed by atoms with Crippen LogP contribution in [0.1, 0.15) is 11.1 Å². The van der Waals surface area contributed by atoms with Crippen molar-refractivity contribution in [2.45, 2.75) is 4.90 Å². The highest BCUT2D eigenvalue weighted by Gasteiger charge is 2.15. The first-order chi connectivity index (χ1) is 13.5. The summed E-state index contributed by atoms with van der Waals surface area (Å²) >= 11 is 0. The standard InChI is InChI=1S/C22H20O5S/c1-25-20-14-18(15-21(16-20)26-2)9-8-17-10-12-19(13-11-17)27-28(23,24)22-6-4-3-5-7-22/h3-16H,1-2H3/b9-8+. The van der Waals surface area contributed by atoms with E-state index in [2.05, 4.69) is 0 Å². The number of hydrogen-bond acceptors (Lipinski definition) is 5. The maximum absolute atomic E-state index is 12.3. The summed E-state index contributed by atoms with van der Waals surface area (Å²) in [6.45, 7) is 0. The van der Waals surface area contributed by atoms with Gasteiger partial charge in [0.25, 0.3) is 0 Å². The SMILES string of the molecule is COc1cc(/C=C/c2ccc(OS(=O)(=O)c3ccccc3)cc2)cc(OC)c1. The molecule has 0 aliphatic heterocycles.